The molecule has 38 heavy (non-hydrogen) atoms. The van der Waals surface area contributed by atoms with E-state index in [1.165, 1.54) is 6.20 Å². The van der Waals surface area contributed by atoms with Gasteiger partial charge in [0.05, 0.1) is 24.7 Å². The molecule has 2 heterocycles. The van der Waals surface area contributed by atoms with Crippen molar-refractivity contribution in [3.63, 3.8) is 0 Å². The van der Waals surface area contributed by atoms with E-state index < -0.39 is 61.1 Å². The van der Waals surface area contributed by atoms with Crippen LogP contribution in [0.15, 0.2) is 28.6 Å². The number of rotatable bonds is 12. The molecule has 0 aliphatic rings. The first-order valence-electron chi connectivity index (χ1n) is 10.7. The molecule has 0 aliphatic heterocycles. The number of halogens is 7. The highest BCUT2D eigenvalue weighted by Crippen LogP contribution is 2.28. The molecule has 0 spiro atoms. The van der Waals surface area contributed by atoms with E-state index in [9.17, 15) is 40.3 Å². The fourth-order valence-electron chi connectivity index (χ4n) is 2.63. The predicted octanol–water partition coefficient (Wildman–Crippen LogP) is 2.61. The Morgan fingerprint density at radius 3 is 2.53 bits per heavy atom. The molecule has 0 bridgehead atoms. The summed E-state index contributed by atoms with van der Waals surface area (Å²) in [5.41, 5.74) is -1.32. The number of aryl methyl sites for hydroxylation is 1. The second kappa shape index (κ2) is 13.7. The van der Waals surface area contributed by atoms with E-state index in [-0.39, 0.29) is 30.0 Å². The predicted molar refractivity (Wildman–Crippen MR) is 122 cm³/mol. The van der Waals surface area contributed by atoms with Gasteiger partial charge in [0.15, 0.2) is 5.71 Å². The van der Waals surface area contributed by atoms with Crippen LogP contribution in [0, 0.1) is 0 Å². The highest BCUT2D eigenvalue weighted by atomic mass is 32.1. The van der Waals surface area contributed by atoms with Crippen molar-refractivity contribution < 1.29 is 40.3 Å². The third kappa shape index (κ3) is 10.7. The molecule has 0 saturated heterocycles. The number of hydrogen-bond acceptors (Lipinski definition) is 9. The first-order chi connectivity index (χ1) is 17.8. The number of aromatic nitrogens is 3. The summed E-state index contributed by atoms with van der Waals surface area (Å²) >= 11 is 0.867. The SMILES string of the molecule is NN=C(C=NCC(F)CCc1nnc(C(=O)NCc2cncc(C(F)(F)F)c2)s1)C(=O)NCCC(F)(F)F. The third-order valence-electron chi connectivity index (χ3n) is 4.49. The van der Waals surface area contributed by atoms with E-state index in [0.29, 0.717) is 11.2 Å². The van der Waals surface area contributed by atoms with Gasteiger partial charge in [-0.25, -0.2) is 4.39 Å². The second-order valence-electron chi connectivity index (χ2n) is 7.53. The molecule has 2 aromatic heterocycles. The van der Waals surface area contributed by atoms with Gasteiger partial charge in [-0.3, -0.25) is 19.6 Å². The van der Waals surface area contributed by atoms with Crippen LogP contribution in [0.25, 0.3) is 0 Å². The summed E-state index contributed by atoms with van der Waals surface area (Å²) in [6, 6.07) is 0.853. The van der Waals surface area contributed by atoms with Crippen LogP contribution in [-0.4, -0.2) is 64.4 Å². The summed E-state index contributed by atoms with van der Waals surface area (Å²) in [6.07, 6.45) is -9.12. The lowest BCUT2D eigenvalue weighted by atomic mass is 10.2. The van der Waals surface area contributed by atoms with Gasteiger partial charge in [0.2, 0.25) is 5.01 Å². The number of nitrogens with two attached hydrogens (primary N) is 1. The lowest BCUT2D eigenvalue weighted by Gasteiger charge is -2.08. The lowest BCUT2D eigenvalue weighted by molar-refractivity contribution is -0.138. The van der Waals surface area contributed by atoms with E-state index in [1.54, 1.807) is 0 Å². The van der Waals surface area contributed by atoms with E-state index in [4.69, 9.17) is 5.84 Å². The average Bonchev–Trinajstić information content (AvgIpc) is 3.32. The first-order valence-corrected chi connectivity index (χ1v) is 11.5. The highest BCUT2D eigenvalue weighted by molar-refractivity contribution is 7.13. The number of hydrazone groups is 1. The minimum Gasteiger partial charge on any atom is -0.350 e. The molecule has 208 valence electrons. The molecule has 1 unspecified atom stereocenters. The summed E-state index contributed by atoms with van der Waals surface area (Å²) < 4.78 is 88.8. The number of carbonyl (C=O) groups is 2. The molecule has 0 saturated carbocycles. The van der Waals surface area contributed by atoms with Crippen molar-refractivity contribution in [3.05, 3.63) is 39.6 Å². The zero-order valence-electron chi connectivity index (χ0n) is 19.3. The molecule has 18 heteroatoms. The molecule has 2 amide bonds. The van der Waals surface area contributed by atoms with Crippen molar-refractivity contribution in [2.75, 3.05) is 13.1 Å². The smallest absolute Gasteiger partial charge is 0.350 e. The monoisotopic (exact) mass is 570 g/mol. The Hall–Kier alpha value is -3.70. The summed E-state index contributed by atoms with van der Waals surface area (Å²) in [5.74, 6) is 3.33. The topological polar surface area (TPSA) is 148 Å². The van der Waals surface area contributed by atoms with Crippen LogP contribution < -0.4 is 16.5 Å². The van der Waals surface area contributed by atoms with Gasteiger partial charge in [-0.1, -0.05) is 11.3 Å². The summed E-state index contributed by atoms with van der Waals surface area (Å²) in [4.78, 5) is 31.1. The molecular weight excluding hydrogens is 549 g/mol. The second-order valence-corrected chi connectivity index (χ2v) is 8.59. The van der Waals surface area contributed by atoms with Gasteiger partial charge in [0.1, 0.15) is 11.2 Å². The number of pyridine rings is 1. The number of alkyl halides is 7. The molecular formula is C20H21F7N8O2S. The van der Waals surface area contributed by atoms with Crippen molar-refractivity contribution in [2.45, 2.75) is 44.3 Å². The van der Waals surface area contributed by atoms with Crippen LogP contribution in [0.2, 0.25) is 0 Å². The van der Waals surface area contributed by atoms with Gasteiger partial charge in [-0.2, -0.15) is 31.4 Å². The van der Waals surface area contributed by atoms with Crippen molar-refractivity contribution in [3.8, 4) is 0 Å². The van der Waals surface area contributed by atoms with E-state index >= 15 is 0 Å². The zero-order valence-corrected chi connectivity index (χ0v) is 20.1. The molecule has 10 nitrogen and oxygen atoms in total. The standard InChI is InChI=1S/C20H21F7N8O2S/c21-13(9-30-10-14(33-28)16(36)31-4-3-19(22,23)24)1-2-15-34-35-18(38-15)17(37)32-7-11-5-12(8-29-6-11)20(25,26)27/h5-6,8,10,13H,1-4,7,9,28H2,(H,31,36)(H,32,37). The Morgan fingerprint density at radius 2 is 1.87 bits per heavy atom. The average molecular weight is 570 g/mol. The number of nitrogens with one attached hydrogen (secondary N) is 2. The van der Waals surface area contributed by atoms with Crippen LogP contribution in [-0.2, 0) is 23.9 Å². The summed E-state index contributed by atoms with van der Waals surface area (Å²) in [5, 5.41) is 15.2. The molecule has 0 aliphatic carbocycles. The molecule has 0 fully saturated rings. The normalized spacial score (nSPS) is 13.5. The van der Waals surface area contributed by atoms with Crippen molar-refractivity contribution in [1.29, 1.82) is 0 Å². The Bertz CT molecular complexity index is 1150. The van der Waals surface area contributed by atoms with Crippen LogP contribution in [0.5, 0.6) is 0 Å². The zero-order chi connectivity index (χ0) is 28.3. The van der Waals surface area contributed by atoms with E-state index in [2.05, 4.69) is 30.6 Å². The van der Waals surface area contributed by atoms with Gasteiger partial charge < -0.3 is 16.5 Å². The minimum atomic E-state index is -4.57. The lowest BCUT2D eigenvalue weighted by Crippen LogP contribution is -2.35. The van der Waals surface area contributed by atoms with Crippen LogP contribution in [0.4, 0.5) is 30.7 Å². The number of nitrogens with zero attached hydrogens (tertiary/aromatic N) is 5. The van der Waals surface area contributed by atoms with Crippen molar-refractivity contribution in [1.82, 2.24) is 25.8 Å². The van der Waals surface area contributed by atoms with Crippen molar-refractivity contribution >= 4 is 35.1 Å². The fraction of sp³-hybridized carbons (Fsp3) is 0.450. The van der Waals surface area contributed by atoms with Gasteiger partial charge in [-0.15, -0.1) is 10.2 Å². The van der Waals surface area contributed by atoms with Crippen LogP contribution in [0.1, 0.15) is 38.8 Å². The maximum atomic E-state index is 14.1. The minimum absolute atomic E-state index is 0.0753. The maximum absolute atomic E-state index is 14.1. The third-order valence-corrected chi connectivity index (χ3v) is 5.47. The summed E-state index contributed by atoms with van der Waals surface area (Å²) in [6.45, 7) is -1.33. The molecule has 0 aromatic carbocycles. The van der Waals surface area contributed by atoms with Gasteiger partial charge >= 0.3 is 12.4 Å². The summed E-state index contributed by atoms with van der Waals surface area (Å²) in [7, 11) is 0. The van der Waals surface area contributed by atoms with Gasteiger partial charge in [0, 0.05) is 31.9 Å². The largest absolute Gasteiger partial charge is 0.417 e. The molecule has 0 radical (unpaired) electrons. The first kappa shape index (κ1) is 30.5. The van der Waals surface area contributed by atoms with Crippen LogP contribution in [0.3, 0.4) is 0 Å². The Morgan fingerprint density at radius 1 is 1.13 bits per heavy atom. The van der Waals surface area contributed by atoms with Gasteiger partial charge in [-0.05, 0) is 18.1 Å². The molecule has 2 aromatic rings. The number of hydrogen-bond donors (Lipinski definition) is 3. The van der Waals surface area contributed by atoms with Gasteiger partial charge in [0.25, 0.3) is 11.8 Å². The van der Waals surface area contributed by atoms with E-state index in [0.717, 1.165) is 23.6 Å². The number of aliphatic imine (C=N–C) groups is 1. The Balaban J connectivity index is 1.77. The Labute approximate surface area is 214 Å². The number of amides is 2. The van der Waals surface area contributed by atoms with Crippen LogP contribution >= 0.6 is 11.3 Å². The maximum Gasteiger partial charge on any atom is 0.417 e. The quantitative estimate of drug-likeness (QED) is 0.155. The molecule has 2 rings (SSSR count). The molecule has 4 N–H and O–H groups in total. The Kier molecular flexibility index (Phi) is 11.0. The fourth-order valence-corrected chi connectivity index (χ4v) is 3.40. The highest BCUT2D eigenvalue weighted by Gasteiger charge is 2.31. The van der Waals surface area contributed by atoms with Crippen molar-refractivity contribution in [2.24, 2.45) is 15.9 Å². The van der Waals surface area contributed by atoms with E-state index in [1.807, 2.05) is 5.32 Å². The number of carbonyl (C=O) groups excluding carboxylic acids is 2. The molecule has 1 atom stereocenters.